The van der Waals surface area contributed by atoms with Gasteiger partial charge in [-0.2, -0.15) is 0 Å². The van der Waals surface area contributed by atoms with E-state index in [1.54, 1.807) is 0 Å². The van der Waals surface area contributed by atoms with Crippen LogP contribution in [0.15, 0.2) is 48.5 Å². The Bertz CT molecular complexity index is 902. The molecular weight excluding hydrogens is 420 g/mol. The van der Waals surface area contributed by atoms with Crippen LogP contribution in [0.25, 0.3) is 0 Å². The fourth-order valence-electron chi connectivity index (χ4n) is 4.66. The number of hydrogen-bond donors (Lipinski definition) is 3. The number of hydrogen-bond acceptors (Lipinski definition) is 6. The molecule has 0 aromatic heterocycles. The fraction of sp³-hybridized carbons (Fsp3) is 0.500. The minimum atomic E-state index is -0.503. The molecule has 33 heavy (non-hydrogen) atoms. The molecule has 1 amide bonds. The largest absolute Gasteiger partial charge is 0.395 e. The van der Waals surface area contributed by atoms with Crippen molar-refractivity contribution in [3.63, 3.8) is 0 Å². The molecule has 2 aromatic rings. The minimum Gasteiger partial charge on any atom is -0.395 e. The Labute approximate surface area is 195 Å². The third-order valence-electron chi connectivity index (χ3n) is 6.56. The molecule has 0 bridgehead atoms. The molecule has 2 aliphatic heterocycles. The van der Waals surface area contributed by atoms with E-state index in [4.69, 9.17) is 9.47 Å². The number of nitrogens with zero attached hydrogens (tertiary/aromatic N) is 1. The lowest BCUT2D eigenvalue weighted by Crippen LogP contribution is -2.42. The van der Waals surface area contributed by atoms with Crippen molar-refractivity contribution in [3.8, 4) is 0 Å². The number of amides is 1. The maximum Gasteiger partial charge on any atom is 0.217 e. The molecule has 2 heterocycles. The molecule has 0 saturated carbocycles. The van der Waals surface area contributed by atoms with Gasteiger partial charge in [-0.3, -0.25) is 9.69 Å². The number of carbonyl (C=O) groups is 1. The zero-order valence-electron chi connectivity index (χ0n) is 19.2. The number of aliphatic hydroxyl groups excluding tert-OH is 2. The SMILES string of the molecule is CC(=O)NCc1ccc([C@H]2O[C@@H](CN3CCC[C@H]3CO)C[C@@H](c3ccc(CO)cc3)O2)cc1. The van der Waals surface area contributed by atoms with Gasteiger partial charge in [0.05, 0.1) is 25.4 Å². The second-order valence-electron chi connectivity index (χ2n) is 8.98. The summed E-state index contributed by atoms with van der Waals surface area (Å²) in [5.41, 5.74) is 3.88. The first-order chi connectivity index (χ1) is 16.1. The normalized spacial score (nSPS) is 25.8. The van der Waals surface area contributed by atoms with Crippen LogP contribution in [0.3, 0.4) is 0 Å². The van der Waals surface area contributed by atoms with Gasteiger partial charge in [0.2, 0.25) is 5.91 Å². The van der Waals surface area contributed by atoms with Gasteiger partial charge in [-0.25, -0.2) is 0 Å². The van der Waals surface area contributed by atoms with Crippen LogP contribution in [0.1, 0.15) is 60.8 Å². The number of benzene rings is 2. The molecular formula is C26H34N2O5. The second kappa shape index (κ2) is 11.2. The molecule has 3 N–H and O–H groups in total. The highest BCUT2D eigenvalue weighted by Crippen LogP contribution is 2.38. The van der Waals surface area contributed by atoms with Crippen molar-refractivity contribution < 1.29 is 24.5 Å². The molecule has 178 valence electrons. The van der Waals surface area contributed by atoms with Gasteiger partial charge < -0.3 is 25.0 Å². The van der Waals surface area contributed by atoms with Gasteiger partial charge in [-0.1, -0.05) is 48.5 Å². The first kappa shape index (κ1) is 23.9. The summed E-state index contributed by atoms with van der Waals surface area (Å²) in [4.78, 5) is 13.5. The molecule has 2 fully saturated rings. The van der Waals surface area contributed by atoms with E-state index in [2.05, 4.69) is 10.2 Å². The Morgan fingerprint density at radius 1 is 1.03 bits per heavy atom. The van der Waals surface area contributed by atoms with E-state index in [1.165, 1.54) is 6.92 Å². The van der Waals surface area contributed by atoms with E-state index < -0.39 is 6.29 Å². The van der Waals surface area contributed by atoms with Crippen molar-refractivity contribution in [3.05, 3.63) is 70.8 Å². The molecule has 4 rings (SSSR count). The van der Waals surface area contributed by atoms with Crippen LogP contribution >= 0.6 is 0 Å². The number of carbonyl (C=O) groups excluding carboxylic acids is 1. The number of nitrogens with one attached hydrogen (secondary N) is 1. The fourth-order valence-corrected chi connectivity index (χ4v) is 4.66. The van der Waals surface area contributed by atoms with Gasteiger partial charge in [0, 0.05) is 38.0 Å². The summed E-state index contributed by atoms with van der Waals surface area (Å²) >= 11 is 0. The van der Waals surface area contributed by atoms with E-state index in [9.17, 15) is 15.0 Å². The molecule has 7 nitrogen and oxygen atoms in total. The highest BCUT2D eigenvalue weighted by molar-refractivity contribution is 5.72. The zero-order valence-corrected chi connectivity index (χ0v) is 19.2. The third-order valence-corrected chi connectivity index (χ3v) is 6.56. The highest BCUT2D eigenvalue weighted by atomic mass is 16.7. The van der Waals surface area contributed by atoms with E-state index in [1.807, 2.05) is 48.5 Å². The Morgan fingerprint density at radius 3 is 2.39 bits per heavy atom. The number of likely N-dealkylation sites (tertiary alicyclic amines) is 1. The standard InChI is InChI=1S/C26H34N2O5/c1-18(31)27-14-19-4-10-22(11-5-19)26-32-24(15-28-12-2-3-23(28)17-30)13-25(33-26)21-8-6-20(16-29)7-9-21/h4-11,23-26,29-30H,2-3,12-17H2,1H3,(H,27,31)/t23-,24+,25-,26-/m0/s1. The van der Waals surface area contributed by atoms with Crippen molar-refractivity contribution in [2.24, 2.45) is 0 Å². The molecule has 0 aliphatic carbocycles. The van der Waals surface area contributed by atoms with Gasteiger partial charge in [0.15, 0.2) is 6.29 Å². The van der Waals surface area contributed by atoms with E-state index >= 15 is 0 Å². The number of ether oxygens (including phenoxy) is 2. The quantitative estimate of drug-likeness (QED) is 0.568. The molecule has 2 aromatic carbocycles. The lowest BCUT2D eigenvalue weighted by atomic mass is 9.99. The lowest BCUT2D eigenvalue weighted by Gasteiger charge is -2.38. The first-order valence-electron chi connectivity index (χ1n) is 11.7. The highest BCUT2D eigenvalue weighted by Gasteiger charge is 2.35. The van der Waals surface area contributed by atoms with Crippen molar-refractivity contribution in [2.45, 2.75) is 63.9 Å². The van der Waals surface area contributed by atoms with Crippen LogP contribution in [0.2, 0.25) is 0 Å². The Kier molecular flexibility index (Phi) is 8.11. The summed E-state index contributed by atoms with van der Waals surface area (Å²) < 4.78 is 12.8. The van der Waals surface area contributed by atoms with Gasteiger partial charge in [0.1, 0.15) is 0 Å². The van der Waals surface area contributed by atoms with Crippen LogP contribution in [-0.4, -0.2) is 52.9 Å². The molecule has 2 saturated heterocycles. The minimum absolute atomic E-state index is 0.0164. The summed E-state index contributed by atoms with van der Waals surface area (Å²) in [6.45, 7) is 3.92. The molecule has 0 unspecified atom stereocenters. The summed E-state index contributed by atoms with van der Waals surface area (Å²) in [6.07, 6.45) is 2.18. The average molecular weight is 455 g/mol. The van der Waals surface area contributed by atoms with Crippen LogP contribution < -0.4 is 5.32 Å². The van der Waals surface area contributed by atoms with E-state index in [-0.39, 0.29) is 37.4 Å². The molecule has 0 spiro atoms. The molecule has 0 radical (unpaired) electrons. The summed E-state index contributed by atoms with van der Waals surface area (Å²) in [5.74, 6) is -0.0565. The lowest BCUT2D eigenvalue weighted by molar-refractivity contribution is -0.253. The van der Waals surface area contributed by atoms with Crippen LogP contribution in [0, 0.1) is 0 Å². The summed E-state index contributed by atoms with van der Waals surface area (Å²) in [7, 11) is 0. The summed E-state index contributed by atoms with van der Waals surface area (Å²) in [5, 5.41) is 21.9. The maximum absolute atomic E-state index is 11.2. The average Bonchev–Trinajstić information content (AvgIpc) is 3.30. The van der Waals surface area contributed by atoms with Crippen LogP contribution in [0.4, 0.5) is 0 Å². The molecule has 7 heteroatoms. The van der Waals surface area contributed by atoms with Crippen LogP contribution in [-0.2, 0) is 27.4 Å². The molecule has 2 aliphatic rings. The van der Waals surface area contributed by atoms with Crippen molar-refractivity contribution >= 4 is 5.91 Å². The van der Waals surface area contributed by atoms with Gasteiger partial charge in [-0.15, -0.1) is 0 Å². The second-order valence-corrected chi connectivity index (χ2v) is 8.98. The maximum atomic E-state index is 11.2. The number of rotatable bonds is 8. The van der Waals surface area contributed by atoms with Gasteiger partial charge in [0.25, 0.3) is 0 Å². The van der Waals surface area contributed by atoms with Crippen LogP contribution in [0.5, 0.6) is 0 Å². The Balaban J connectivity index is 1.51. The monoisotopic (exact) mass is 454 g/mol. The van der Waals surface area contributed by atoms with E-state index in [0.29, 0.717) is 6.54 Å². The Hall–Kier alpha value is -2.29. The van der Waals surface area contributed by atoms with Crippen molar-refractivity contribution in [1.29, 1.82) is 0 Å². The van der Waals surface area contributed by atoms with E-state index in [0.717, 1.165) is 54.6 Å². The predicted molar refractivity (Wildman–Crippen MR) is 124 cm³/mol. The molecule has 4 atom stereocenters. The predicted octanol–water partition coefficient (Wildman–Crippen LogP) is 2.82. The first-order valence-corrected chi connectivity index (χ1v) is 11.7. The Morgan fingerprint density at radius 2 is 1.73 bits per heavy atom. The van der Waals surface area contributed by atoms with Gasteiger partial charge in [-0.05, 0) is 36.1 Å². The number of aliphatic hydroxyl groups is 2. The smallest absolute Gasteiger partial charge is 0.217 e. The third kappa shape index (κ3) is 6.19. The summed E-state index contributed by atoms with van der Waals surface area (Å²) in [6, 6.07) is 16.0. The topological polar surface area (TPSA) is 91.3 Å². The van der Waals surface area contributed by atoms with Crippen molar-refractivity contribution in [1.82, 2.24) is 10.2 Å². The van der Waals surface area contributed by atoms with Crippen molar-refractivity contribution in [2.75, 3.05) is 19.7 Å². The van der Waals surface area contributed by atoms with Gasteiger partial charge >= 0.3 is 0 Å². The zero-order chi connectivity index (χ0) is 23.2.